The van der Waals surface area contributed by atoms with E-state index < -0.39 is 0 Å². The lowest BCUT2D eigenvalue weighted by Crippen LogP contribution is -3.00. The lowest BCUT2D eigenvalue weighted by atomic mass is 10.2. The minimum atomic E-state index is 0. The maximum Gasteiger partial charge on any atom is 0.132 e. The number of quaternary nitrogens is 1. The average Bonchev–Trinajstić information content (AvgIpc) is 2.19. The third kappa shape index (κ3) is 2.96. The van der Waals surface area contributed by atoms with E-state index in [1.807, 2.05) is 6.08 Å². The molecule has 0 aromatic heterocycles. The van der Waals surface area contributed by atoms with Gasteiger partial charge in [0.05, 0.1) is 13.6 Å². The summed E-state index contributed by atoms with van der Waals surface area (Å²) < 4.78 is 0.935. The van der Waals surface area contributed by atoms with E-state index in [0.717, 1.165) is 17.6 Å². The molecule has 1 aromatic rings. The molecule has 0 aliphatic rings. The molecule has 0 fully saturated rings. The topological polar surface area (TPSA) is 0 Å². The number of hydrogen-bond donors (Lipinski definition) is 0. The molecule has 0 amide bonds. The molecule has 0 spiro atoms. The van der Waals surface area contributed by atoms with Crippen LogP contribution in [-0.4, -0.2) is 20.1 Å². The zero-order chi connectivity index (χ0) is 9.73. The minimum Gasteiger partial charge on any atom is -1.00 e. The fraction of sp³-hybridized carbons (Fsp3) is 0.333. The Morgan fingerprint density at radius 2 is 1.86 bits per heavy atom. The SMILES string of the molecule is C=CC[N@+](C)(CC)c1ccccc1.[Br-]. The molecule has 0 radical (unpaired) electrons. The number of rotatable bonds is 4. The van der Waals surface area contributed by atoms with Gasteiger partial charge in [0.2, 0.25) is 0 Å². The first-order chi connectivity index (χ1) is 6.23. The van der Waals surface area contributed by atoms with Gasteiger partial charge >= 0.3 is 0 Å². The highest BCUT2D eigenvalue weighted by molar-refractivity contribution is 5.42. The van der Waals surface area contributed by atoms with Crippen LogP contribution in [0.25, 0.3) is 0 Å². The van der Waals surface area contributed by atoms with E-state index in [2.05, 4.69) is 50.9 Å². The summed E-state index contributed by atoms with van der Waals surface area (Å²) in [4.78, 5) is 0. The number of nitrogens with zero attached hydrogens (tertiary/aromatic N) is 1. The summed E-state index contributed by atoms with van der Waals surface area (Å²) in [6.45, 7) is 8.09. The first kappa shape index (κ1) is 13.4. The van der Waals surface area contributed by atoms with E-state index in [4.69, 9.17) is 0 Å². The van der Waals surface area contributed by atoms with Crippen LogP contribution in [-0.2, 0) is 0 Å². The molecule has 0 unspecified atom stereocenters. The summed E-state index contributed by atoms with van der Waals surface area (Å²) in [5.41, 5.74) is 1.35. The molecule has 0 saturated heterocycles. The molecule has 0 saturated carbocycles. The second kappa shape index (κ2) is 5.99. The Balaban J connectivity index is 0.00000169. The predicted molar refractivity (Wildman–Crippen MR) is 59.8 cm³/mol. The van der Waals surface area contributed by atoms with Crippen LogP contribution < -0.4 is 21.5 Å². The van der Waals surface area contributed by atoms with Crippen molar-refractivity contribution in [2.45, 2.75) is 6.92 Å². The van der Waals surface area contributed by atoms with Gasteiger partial charge in [0.15, 0.2) is 0 Å². The second-order valence-electron chi connectivity index (χ2n) is 3.52. The third-order valence-electron chi connectivity index (χ3n) is 2.61. The normalized spacial score (nSPS) is 13.9. The molecule has 0 heterocycles. The quantitative estimate of drug-likeness (QED) is 0.518. The van der Waals surface area contributed by atoms with Gasteiger partial charge in [-0.2, -0.15) is 0 Å². The molecule has 14 heavy (non-hydrogen) atoms. The Kier molecular flexibility index (Phi) is 5.73. The zero-order valence-electron chi connectivity index (χ0n) is 8.91. The highest BCUT2D eigenvalue weighted by Gasteiger charge is 2.19. The lowest BCUT2D eigenvalue weighted by molar-refractivity contribution is -0.00000281. The number of halogens is 1. The van der Waals surface area contributed by atoms with E-state index in [-0.39, 0.29) is 17.0 Å². The molecular formula is C12H18BrN. The average molecular weight is 256 g/mol. The van der Waals surface area contributed by atoms with Crippen molar-refractivity contribution >= 4 is 5.69 Å². The summed E-state index contributed by atoms with van der Waals surface area (Å²) in [5, 5.41) is 0. The van der Waals surface area contributed by atoms with Crippen LogP contribution >= 0.6 is 0 Å². The number of likely N-dealkylation sites (N-methyl/N-ethyl adjacent to an activating group) is 1. The molecule has 0 aliphatic carbocycles. The molecule has 1 aromatic carbocycles. The van der Waals surface area contributed by atoms with Gasteiger partial charge < -0.3 is 17.0 Å². The molecular weight excluding hydrogens is 238 g/mol. The molecule has 0 bridgehead atoms. The van der Waals surface area contributed by atoms with Crippen LogP contribution in [0.2, 0.25) is 0 Å². The Bertz CT molecular complexity index is 271. The van der Waals surface area contributed by atoms with Crippen LogP contribution in [0.1, 0.15) is 6.92 Å². The van der Waals surface area contributed by atoms with Gasteiger partial charge in [-0.15, -0.1) is 0 Å². The maximum atomic E-state index is 3.80. The number of benzene rings is 1. The monoisotopic (exact) mass is 255 g/mol. The molecule has 0 aliphatic heterocycles. The summed E-state index contributed by atoms with van der Waals surface area (Å²) in [6, 6.07) is 10.6. The van der Waals surface area contributed by atoms with Gasteiger partial charge in [-0.3, -0.25) is 4.48 Å². The zero-order valence-corrected chi connectivity index (χ0v) is 10.5. The van der Waals surface area contributed by atoms with Crippen LogP contribution in [0, 0.1) is 0 Å². The van der Waals surface area contributed by atoms with Crippen molar-refractivity contribution in [1.82, 2.24) is 4.48 Å². The van der Waals surface area contributed by atoms with Crippen LogP contribution in [0.15, 0.2) is 43.0 Å². The Morgan fingerprint density at radius 1 is 1.29 bits per heavy atom. The summed E-state index contributed by atoms with van der Waals surface area (Å²) >= 11 is 0. The fourth-order valence-electron chi connectivity index (χ4n) is 1.49. The van der Waals surface area contributed by atoms with Crippen molar-refractivity contribution in [2.75, 3.05) is 20.1 Å². The second-order valence-corrected chi connectivity index (χ2v) is 3.52. The molecule has 2 heteroatoms. The molecule has 1 rings (SSSR count). The van der Waals surface area contributed by atoms with Gasteiger partial charge in [-0.25, -0.2) is 0 Å². The van der Waals surface area contributed by atoms with Crippen molar-refractivity contribution in [3.8, 4) is 0 Å². The van der Waals surface area contributed by atoms with E-state index in [9.17, 15) is 0 Å². The van der Waals surface area contributed by atoms with Gasteiger partial charge in [0, 0.05) is 0 Å². The van der Waals surface area contributed by atoms with Crippen molar-refractivity contribution < 1.29 is 17.0 Å². The van der Waals surface area contributed by atoms with E-state index in [1.54, 1.807) is 0 Å². The third-order valence-corrected chi connectivity index (χ3v) is 2.61. The largest absolute Gasteiger partial charge is 1.00 e. The Labute approximate surface area is 97.4 Å². The van der Waals surface area contributed by atoms with Crippen molar-refractivity contribution in [3.05, 3.63) is 43.0 Å². The lowest BCUT2D eigenvalue weighted by Gasteiger charge is -2.31. The predicted octanol–water partition coefficient (Wildman–Crippen LogP) is -0.166. The summed E-state index contributed by atoms with van der Waals surface area (Å²) in [6.07, 6.45) is 1.98. The van der Waals surface area contributed by atoms with Crippen LogP contribution in [0.5, 0.6) is 0 Å². The first-order valence-electron chi connectivity index (χ1n) is 4.74. The highest BCUT2D eigenvalue weighted by atomic mass is 79.9. The molecule has 78 valence electrons. The molecule has 1 atom stereocenters. The smallest absolute Gasteiger partial charge is 0.132 e. The number of hydrogen-bond acceptors (Lipinski definition) is 0. The number of para-hydroxylation sites is 1. The van der Waals surface area contributed by atoms with E-state index in [1.165, 1.54) is 5.69 Å². The van der Waals surface area contributed by atoms with Crippen molar-refractivity contribution in [3.63, 3.8) is 0 Å². The Hall–Kier alpha value is -0.600. The Morgan fingerprint density at radius 3 is 2.29 bits per heavy atom. The minimum absolute atomic E-state index is 0. The molecule has 0 N–H and O–H groups in total. The van der Waals surface area contributed by atoms with Gasteiger partial charge in [-0.1, -0.05) is 24.8 Å². The van der Waals surface area contributed by atoms with Gasteiger partial charge in [0.1, 0.15) is 12.2 Å². The summed E-state index contributed by atoms with van der Waals surface area (Å²) in [7, 11) is 2.23. The maximum absolute atomic E-state index is 3.80. The first-order valence-corrected chi connectivity index (χ1v) is 4.74. The standard InChI is InChI=1S/C12H18N.BrH/c1-4-11-13(3,5-2)12-9-7-6-8-10-12;/h4,6-10H,1,5,11H2,2-3H3;1H/q+1;/p-1/t13-;/m0./s1. The summed E-state index contributed by atoms with van der Waals surface area (Å²) in [5.74, 6) is 0. The van der Waals surface area contributed by atoms with Crippen molar-refractivity contribution in [2.24, 2.45) is 0 Å². The van der Waals surface area contributed by atoms with Crippen molar-refractivity contribution in [1.29, 1.82) is 0 Å². The van der Waals surface area contributed by atoms with E-state index >= 15 is 0 Å². The van der Waals surface area contributed by atoms with E-state index in [0.29, 0.717) is 0 Å². The highest BCUT2D eigenvalue weighted by Crippen LogP contribution is 2.19. The fourth-order valence-corrected chi connectivity index (χ4v) is 1.49. The van der Waals surface area contributed by atoms with Crippen LogP contribution in [0.3, 0.4) is 0 Å². The van der Waals surface area contributed by atoms with Crippen LogP contribution in [0.4, 0.5) is 5.69 Å². The van der Waals surface area contributed by atoms with Gasteiger partial charge in [0.25, 0.3) is 0 Å². The van der Waals surface area contributed by atoms with Gasteiger partial charge in [-0.05, 0) is 25.1 Å². The molecule has 1 nitrogen and oxygen atoms in total.